The van der Waals surface area contributed by atoms with Crippen molar-refractivity contribution in [1.82, 2.24) is 0 Å². The van der Waals surface area contributed by atoms with E-state index in [0.717, 1.165) is 61.6 Å². The molecule has 54 heavy (non-hydrogen) atoms. The molecular formula is C51H31NO2. The van der Waals surface area contributed by atoms with Gasteiger partial charge in [0.15, 0.2) is 0 Å². The van der Waals surface area contributed by atoms with Crippen LogP contribution in [0.2, 0.25) is 0 Å². The molecule has 12 rings (SSSR count). The fourth-order valence-corrected chi connectivity index (χ4v) is 9.44. The molecule has 0 radical (unpaired) electrons. The number of hydrogen-bond donors (Lipinski definition) is 0. The van der Waals surface area contributed by atoms with Gasteiger partial charge in [-0.25, -0.2) is 0 Å². The number of para-hydroxylation sites is 2. The topological polar surface area (TPSA) is 25.6 Å². The second-order valence-electron chi connectivity index (χ2n) is 14.4. The molecule has 0 saturated carbocycles. The Morgan fingerprint density at radius 1 is 0.370 bits per heavy atom. The van der Waals surface area contributed by atoms with Crippen LogP contribution in [-0.2, 0) is 5.41 Å². The summed E-state index contributed by atoms with van der Waals surface area (Å²) < 4.78 is 13.4. The Bertz CT molecular complexity index is 3170. The zero-order chi connectivity index (χ0) is 35.4. The average molecular weight is 690 g/mol. The normalized spacial score (nSPS) is 15.3. The van der Waals surface area contributed by atoms with E-state index in [-0.39, 0.29) is 0 Å². The highest BCUT2D eigenvalue weighted by molar-refractivity contribution is 6.07. The molecule has 2 aliphatic rings. The summed E-state index contributed by atoms with van der Waals surface area (Å²) in [5.74, 6) is 1.71. The average Bonchev–Trinajstić information content (AvgIpc) is 3.60. The quantitative estimate of drug-likeness (QED) is 0.185. The van der Waals surface area contributed by atoms with Crippen LogP contribution in [-0.4, -0.2) is 0 Å². The third kappa shape index (κ3) is 3.96. The molecule has 10 aromatic rings. The Kier molecular flexibility index (Phi) is 5.98. The fraction of sp³-hybridized carbons (Fsp3) is 0.0196. The van der Waals surface area contributed by atoms with Crippen molar-refractivity contribution >= 4 is 60.5 Å². The highest BCUT2D eigenvalue weighted by Crippen LogP contribution is 2.61. The van der Waals surface area contributed by atoms with Gasteiger partial charge in [-0.2, -0.15) is 0 Å². The van der Waals surface area contributed by atoms with Gasteiger partial charge in [0.1, 0.15) is 22.7 Å². The van der Waals surface area contributed by atoms with E-state index in [4.69, 9.17) is 9.15 Å². The number of ether oxygens (including phenoxy) is 1. The number of rotatable bonds is 3. The van der Waals surface area contributed by atoms with Crippen molar-refractivity contribution in [2.75, 3.05) is 4.90 Å². The Labute approximate surface area is 311 Å². The second kappa shape index (κ2) is 11.0. The van der Waals surface area contributed by atoms with Crippen LogP contribution in [0.5, 0.6) is 11.5 Å². The first kappa shape index (κ1) is 29.5. The number of benzene rings is 9. The summed E-state index contributed by atoms with van der Waals surface area (Å²) in [4.78, 5) is 2.32. The third-order valence-electron chi connectivity index (χ3n) is 11.7. The number of anilines is 3. The summed E-state index contributed by atoms with van der Waals surface area (Å²) in [6.45, 7) is 0. The molecule has 0 N–H and O–H groups in total. The smallest absolute Gasteiger partial charge is 0.137 e. The molecule has 1 unspecified atom stereocenters. The Morgan fingerprint density at radius 3 is 1.94 bits per heavy atom. The van der Waals surface area contributed by atoms with Crippen LogP contribution in [0, 0.1) is 0 Å². The van der Waals surface area contributed by atoms with Gasteiger partial charge in [-0.3, -0.25) is 0 Å². The van der Waals surface area contributed by atoms with E-state index in [2.05, 4.69) is 181 Å². The van der Waals surface area contributed by atoms with Gasteiger partial charge in [0, 0.05) is 51.1 Å². The summed E-state index contributed by atoms with van der Waals surface area (Å²) >= 11 is 0. The molecule has 0 bridgehead atoms. The standard InChI is InChI=1S/C51H31NO2/c1-2-12-34-29-35(24-23-32(34)11-1)52(36-25-27-40-39-16-4-7-21-46(39)53-48(40)30-36)37-26-28-44-49(31-37)54-47-22-8-6-19-43(47)51(44)42-18-5-3-15-38(42)41-17-9-13-33-14-10-20-45(51)50(33)41/h1-31H. The minimum atomic E-state index is -0.589. The van der Waals surface area contributed by atoms with Crippen LogP contribution in [0.3, 0.4) is 0 Å². The summed E-state index contributed by atoms with van der Waals surface area (Å²) in [5.41, 5.74) is 11.6. The predicted octanol–water partition coefficient (Wildman–Crippen LogP) is 13.8. The first-order valence-electron chi connectivity index (χ1n) is 18.5. The van der Waals surface area contributed by atoms with Crippen molar-refractivity contribution in [1.29, 1.82) is 0 Å². The molecule has 252 valence electrons. The molecular weight excluding hydrogens is 659 g/mol. The lowest BCUT2D eigenvalue weighted by Gasteiger charge is -2.45. The molecule has 3 heteroatoms. The minimum Gasteiger partial charge on any atom is -0.457 e. The molecule has 1 atom stereocenters. The molecule has 1 spiro atoms. The predicted molar refractivity (Wildman–Crippen MR) is 221 cm³/mol. The van der Waals surface area contributed by atoms with E-state index in [0.29, 0.717) is 0 Å². The summed E-state index contributed by atoms with van der Waals surface area (Å²) in [7, 11) is 0. The molecule has 0 fully saturated rings. The number of fused-ring (bicyclic) bond motifs is 12. The maximum absolute atomic E-state index is 7.00. The zero-order valence-electron chi connectivity index (χ0n) is 29.2. The Morgan fingerprint density at radius 2 is 1.00 bits per heavy atom. The minimum absolute atomic E-state index is 0.589. The fourth-order valence-electron chi connectivity index (χ4n) is 9.44. The van der Waals surface area contributed by atoms with Gasteiger partial charge < -0.3 is 14.1 Å². The maximum Gasteiger partial charge on any atom is 0.137 e. The van der Waals surface area contributed by atoms with Crippen molar-refractivity contribution in [3.05, 3.63) is 210 Å². The monoisotopic (exact) mass is 689 g/mol. The van der Waals surface area contributed by atoms with Crippen LogP contribution in [0.15, 0.2) is 192 Å². The molecule has 3 nitrogen and oxygen atoms in total. The van der Waals surface area contributed by atoms with Crippen molar-refractivity contribution in [3.63, 3.8) is 0 Å². The molecule has 0 amide bonds. The van der Waals surface area contributed by atoms with Gasteiger partial charge in [-0.1, -0.05) is 133 Å². The van der Waals surface area contributed by atoms with Crippen molar-refractivity contribution < 1.29 is 9.15 Å². The van der Waals surface area contributed by atoms with Gasteiger partial charge >= 0.3 is 0 Å². The van der Waals surface area contributed by atoms with E-state index in [1.165, 1.54) is 43.8 Å². The van der Waals surface area contributed by atoms with Gasteiger partial charge in [0.25, 0.3) is 0 Å². The lowest BCUT2D eigenvalue weighted by atomic mass is 9.58. The van der Waals surface area contributed by atoms with Crippen molar-refractivity contribution in [2.45, 2.75) is 5.41 Å². The van der Waals surface area contributed by atoms with Crippen LogP contribution in [0.1, 0.15) is 22.3 Å². The molecule has 0 saturated heterocycles. The van der Waals surface area contributed by atoms with Crippen LogP contribution in [0.4, 0.5) is 17.1 Å². The largest absolute Gasteiger partial charge is 0.457 e. The SMILES string of the molecule is c1ccc2c(c1)Oc1cc(N(c3ccc4ccccc4c3)c3ccc4c(c3)oc3ccccc34)ccc1C21c2ccccc2-c2cccc3cccc1c23. The van der Waals surface area contributed by atoms with E-state index >= 15 is 0 Å². The molecule has 1 aromatic heterocycles. The molecule has 1 aliphatic carbocycles. The van der Waals surface area contributed by atoms with Gasteiger partial charge in [0.05, 0.1) is 5.41 Å². The molecule has 9 aromatic carbocycles. The van der Waals surface area contributed by atoms with E-state index in [1.807, 2.05) is 12.1 Å². The highest BCUT2D eigenvalue weighted by atomic mass is 16.5. The van der Waals surface area contributed by atoms with E-state index < -0.39 is 5.41 Å². The van der Waals surface area contributed by atoms with Crippen LogP contribution in [0.25, 0.3) is 54.6 Å². The van der Waals surface area contributed by atoms with E-state index in [9.17, 15) is 0 Å². The zero-order valence-corrected chi connectivity index (χ0v) is 29.2. The van der Waals surface area contributed by atoms with Crippen LogP contribution < -0.4 is 9.64 Å². The van der Waals surface area contributed by atoms with E-state index in [1.54, 1.807) is 0 Å². The van der Waals surface area contributed by atoms with Gasteiger partial charge in [0.2, 0.25) is 0 Å². The lowest BCUT2D eigenvalue weighted by molar-refractivity contribution is 0.435. The first-order valence-corrected chi connectivity index (χ1v) is 18.5. The Hall–Kier alpha value is -7.10. The number of hydrogen-bond acceptors (Lipinski definition) is 3. The third-order valence-corrected chi connectivity index (χ3v) is 11.7. The summed E-state index contributed by atoms with van der Waals surface area (Å²) in [5, 5.41) is 7.13. The molecule has 1 aliphatic heterocycles. The van der Waals surface area contributed by atoms with Crippen molar-refractivity contribution in [2.24, 2.45) is 0 Å². The number of nitrogens with zero attached hydrogens (tertiary/aromatic N) is 1. The van der Waals surface area contributed by atoms with Gasteiger partial charge in [-0.05, 0) is 86.3 Å². The Balaban J connectivity index is 1.13. The van der Waals surface area contributed by atoms with Crippen molar-refractivity contribution in [3.8, 4) is 22.6 Å². The molecule has 2 heterocycles. The maximum atomic E-state index is 7.00. The van der Waals surface area contributed by atoms with Gasteiger partial charge in [-0.15, -0.1) is 0 Å². The van der Waals surface area contributed by atoms with Crippen LogP contribution >= 0.6 is 0 Å². The lowest BCUT2D eigenvalue weighted by Crippen LogP contribution is -2.36. The summed E-state index contributed by atoms with van der Waals surface area (Å²) in [6, 6.07) is 67.8. The highest BCUT2D eigenvalue weighted by Gasteiger charge is 2.49. The number of furan rings is 1. The first-order chi connectivity index (χ1) is 26.8. The summed E-state index contributed by atoms with van der Waals surface area (Å²) in [6.07, 6.45) is 0. The second-order valence-corrected chi connectivity index (χ2v) is 14.4.